The molecule has 1 aliphatic heterocycles. The highest BCUT2D eigenvalue weighted by atomic mass is 32.2. The van der Waals surface area contributed by atoms with Gasteiger partial charge in [0, 0.05) is 44.4 Å². The van der Waals surface area contributed by atoms with Gasteiger partial charge in [-0.3, -0.25) is 10.1 Å². The summed E-state index contributed by atoms with van der Waals surface area (Å²) in [6.45, 7) is 4.18. The van der Waals surface area contributed by atoms with Crippen molar-refractivity contribution in [2.24, 2.45) is 0 Å². The third kappa shape index (κ3) is 5.61. The number of nitro benzene ring substituents is 1. The number of nitrogens with one attached hydrogen (secondary N) is 2. The van der Waals surface area contributed by atoms with Crippen molar-refractivity contribution in [3.63, 3.8) is 0 Å². The molecule has 2 N–H and O–H groups in total. The van der Waals surface area contributed by atoms with Crippen LogP contribution in [0.5, 0.6) is 0 Å². The van der Waals surface area contributed by atoms with Crippen molar-refractivity contribution in [3.8, 4) is 0 Å². The van der Waals surface area contributed by atoms with Gasteiger partial charge in [-0.05, 0) is 32.3 Å². The van der Waals surface area contributed by atoms with Crippen molar-refractivity contribution < 1.29 is 13.3 Å². The minimum absolute atomic E-state index is 0.104. The molecule has 0 amide bonds. The largest absolute Gasteiger partial charge is 0.369 e. The highest BCUT2D eigenvalue weighted by molar-refractivity contribution is 7.89. The number of nitrogens with zero attached hydrogens (tertiary/aromatic N) is 4. The number of aryl methyl sites for hydroxylation is 1. The number of sulfonamides is 1. The van der Waals surface area contributed by atoms with Gasteiger partial charge in [0.05, 0.1) is 9.82 Å². The summed E-state index contributed by atoms with van der Waals surface area (Å²) in [5, 5.41) is 13.9. The maximum Gasteiger partial charge on any atom is 0.270 e. The minimum atomic E-state index is -3.84. The van der Waals surface area contributed by atoms with Gasteiger partial charge in [0.15, 0.2) is 0 Å². The van der Waals surface area contributed by atoms with Crippen molar-refractivity contribution in [1.29, 1.82) is 0 Å². The minimum Gasteiger partial charge on any atom is -0.369 e. The molecule has 0 saturated carbocycles. The second-order valence-corrected chi connectivity index (χ2v) is 8.55. The molecule has 0 aliphatic carbocycles. The summed E-state index contributed by atoms with van der Waals surface area (Å²) in [5.41, 5.74) is -0.271. The Morgan fingerprint density at radius 1 is 1.14 bits per heavy atom. The molecule has 1 saturated heterocycles. The van der Waals surface area contributed by atoms with Gasteiger partial charge >= 0.3 is 0 Å². The van der Waals surface area contributed by atoms with Crippen LogP contribution in [-0.4, -0.2) is 49.5 Å². The zero-order chi connectivity index (χ0) is 20.9. The van der Waals surface area contributed by atoms with Crippen molar-refractivity contribution >= 4 is 27.3 Å². The molecule has 0 radical (unpaired) electrons. The van der Waals surface area contributed by atoms with Crippen LogP contribution in [0.4, 0.5) is 17.3 Å². The maximum absolute atomic E-state index is 12.3. The predicted octanol–water partition coefficient (Wildman–Crippen LogP) is 2.07. The molecule has 29 heavy (non-hydrogen) atoms. The van der Waals surface area contributed by atoms with Gasteiger partial charge in [-0.15, -0.1) is 0 Å². The molecule has 0 spiro atoms. The normalized spacial score (nSPS) is 14.6. The molecule has 1 fully saturated rings. The molecule has 1 aliphatic rings. The number of piperidine rings is 1. The molecule has 0 bridgehead atoms. The van der Waals surface area contributed by atoms with Crippen LogP contribution >= 0.6 is 0 Å². The lowest BCUT2D eigenvalue weighted by Gasteiger charge is -2.28. The molecule has 156 valence electrons. The Hall–Kier alpha value is -2.79. The summed E-state index contributed by atoms with van der Waals surface area (Å²) in [6.07, 6.45) is 3.52. The Balaban J connectivity index is 1.58. The summed E-state index contributed by atoms with van der Waals surface area (Å²) in [7, 11) is -3.84. The van der Waals surface area contributed by atoms with Crippen molar-refractivity contribution in [2.75, 3.05) is 36.4 Å². The van der Waals surface area contributed by atoms with Crippen LogP contribution in [0.25, 0.3) is 0 Å². The molecule has 2 heterocycles. The van der Waals surface area contributed by atoms with Crippen molar-refractivity contribution in [3.05, 3.63) is 46.3 Å². The average Bonchev–Trinajstić information content (AvgIpc) is 2.71. The molecule has 1 aromatic carbocycles. The Labute approximate surface area is 169 Å². The van der Waals surface area contributed by atoms with Gasteiger partial charge in [0.2, 0.25) is 10.0 Å². The highest BCUT2D eigenvalue weighted by Gasteiger charge is 2.17. The number of rotatable bonds is 8. The van der Waals surface area contributed by atoms with E-state index in [0.717, 1.165) is 37.8 Å². The molecule has 10 nitrogen and oxygen atoms in total. The van der Waals surface area contributed by atoms with Crippen LogP contribution in [-0.2, 0) is 10.0 Å². The first-order valence-corrected chi connectivity index (χ1v) is 10.9. The van der Waals surface area contributed by atoms with Gasteiger partial charge in [0.1, 0.15) is 17.5 Å². The zero-order valence-electron chi connectivity index (χ0n) is 16.2. The molecule has 0 unspecified atom stereocenters. The standard InChI is InChI=1S/C18H24N6O4S/c1-14-21-17(13-18(22-14)23-10-3-2-4-11-23)19-8-9-20-29(27,28)16-7-5-6-15(12-16)24(25)26/h5-7,12-13,20H,2-4,8-11H2,1H3,(H,19,21,22). The first-order valence-electron chi connectivity index (χ1n) is 9.44. The number of anilines is 2. The molecule has 2 aromatic rings. The number of hydrogen-bond acceptors (Lipinski definition) is 8. The van der Waals surface area contributed by atoms with Gasteiger partial charge < -0.3 is 10.2 Å². The second kappa shape index (κ2) is 9.14. The second-order valence-electron chi connectivity index (χ2n) is 6.79. The van der Waals surface area contributed by atoms with E-state index >= 15 is 0 Å². The lowest BCUT2D eigenvalue weighted by molar-refractivity contribution is -0.385. The van der Waals surface area contributed by atoms with Gasteiger partial charge in [-0.2, -0.15) is 0 Å². The Morgan fingerprint density at radius 2 is 1.90 bits per heavy atom. The summed E-state index contributed by atoms with van der Waals surface area (Å²) in [6, 6.07) is 6.82. The van der Waals surface area contributed by atoms with Crippen LogP contribution in [0, 0.1) is 17.0 Å². The monoisotopic (exact) mass is 420 g/mol. The molecule has 11 heteroatoms. The molecule has 1 aromatic heterocycles. The fourth-order valence-corrected chi connectivity index (χ4v) is 4.22. The number of benzene rings is 1. The summed E-state index contributed by atoms with van der Waals surface area (Å²) >= 11 is 0. The van der Waals surface area contributed by atoms with Crippen LogP contribution < -0.4 is 14.9 Å². The fourth-order valence-electron chi connectivity index (χ4n) is 3.15. The lowest BCUT2D eigenvalue weighted by Crippen LogP contribution is -2.31. The molecular formula is C18H24N6O4S. The van der Waals surface area contributed by atoms with Gasteiger partial charge in [0.25, 0.3) is 5.69 Å². The summed E-state index contributed by atoms with van der Waals surface area (Å²) in [5.74, 6) is 2.15. The van der Waals surface area contributed by atoms with Crippen LogP contribution in [0.15, 0.2) is 35.2 Å². The van der Waals surface area contributed by atoms with Gasteiger partial charge in [-0.25, -0.2) is 23.1 Å². The van der Waals surface area contributed by atoms with Crippen molar-refractivity contribution in [1.82, 2.24) is 14.7 Å². The number of nitro groups is 1. The van der Waals surface area contributed by atoms with E-state index in [1.54, 1.807) is 0 Å². The Kier molecular flexibility index (Phi) is 6.60. The maximum atomic E-state index is 12.3. The molecule has 3 rings (SSSR count). The van der Waals surface area contributed by atoms with E-state index in [1.165, 1.54) is 24.6 Å². The predicted molar refractivity (Wildman–Crippen MR) is 110 cm³/mol. The molecular weight excluding hydrogens is 396 g/mol. The fraction of sp³-hybridized carbons (Fsp3) is 0.444. The highest BCUT2D eigenvalue weighted by Crippen LogP contribution is 2.20. The quantitative estimate of drug-likeness (QED) is 0.377. The lowest BCUT2D eigenvalue weighted by atomic mass is 10.1. The number of aromatic nitrogens is 2. The first-order chi connectivity index (χ1) is 13.8. The van der Waals surface area contributed by atoms with E-state index in [9.17, 15) is 18.5 Å². The van der Waals surface area contributed by atoms with Crippen molar-refractivity contribution in [2.45, 2.75) is 31.1 Å². The Bertz CT molecular complexity index is 976. The molecule has 0 atom stereocenters. The van der Waals surface area contributed by atoms with Gasteiger partial charge in [-0.1, -0.05) is 6.07 Å². The third-order valence-electron chi connectivity index (χ3n) is 4.57. The smallest absolute Gasteiger partial charge is 0.270 e. The SMILES string of the molecule is Cc1nc(NCCNS(=O)(=O)c2cccc([N+](=O)[O-])c2)cc(N2CCCCC2)n1. The van der Waals surface area contributed by atoms with Crippen LogP contribution in [0.1, 0.15) is 25.1 Å². The summed E-state index contributed by atoms with van der Waals surface area (Å²) < 4.78 is 27.1. The number of non-ortho nitro benzene ring substituents is 1. The van der Waals surface area contributed by atoms with E-state index in [2.05, 4.69) is 24.9 Å². The topological polar surface area (TPSA) is 130 Å². The first kappa shape index (κ1) is 20.9. The van der Waals surface area contributed by atoms with Crippen LogP contribution in [0.2, 0.25) is 0 Å². The Morgan fingerprint density at radius 3 is 2.62 bits per heavy atom. The number of hydrogen-bond donors (Lipinski definition) is 2. The van der Waals surface area contributed by atoms with E-state index in [-0.39, 0.29) is 17.1 Å². The van der Waals surface area contributed by atoms with E-state index in [1.807, 2.05) is 13.0 Å². The zero-order valence-corrected chi connectivity index (χ0v) is 17.0. The third-order valence-corrected chi connectivity index (χ3v) is 6.03. The van der Waals surface area contributed by atoms with Crippen LogP contribution in [0.3, 0.4) is 0 Å². The average molecular weight is 420 g/mol. The van der Waals surface area contributed by atoms with E-state index in [0.29, 0.717) is 18.2 Å². The van der Waals surface area contributed by atoms with E-state index < -0.39 is 14.9 Å². The summed E-state index contributed by atoms with van der Waals surface area (Å²) in [4.78, 5) is 21.1. The van der Waals surface area contributed by atoms with E-state index in [4.69, 9.17) is 0 Å².